The highest BCUT2D eigenvalue weighted by atomic mass is 32.2. The summed E-state index contributed by atoms with van der Waals surface area (Å²) < 4.78 is 3.68. The van der Waals surface area contributed by atoms with Crippen molar-refractivity contribution < 1.29 is 9.90 Å². The van der Waals surface area contributed by atoms with Gasteiger partial charge in [-0.25, -0.2) is 0 Å². The lowest BCUT2D eigenvalue weighted by Gasteiger charge is -2.27. The third-order valence-corrected chi connectivity index (χ3v) is 4.91. The van der Waals surface area contributed by atoms with Gasteiger partial charge in [0.2, 0.25) is 5.91 Å². The van der Waals surface area contributed by atoms with E-state index in [0.29, 0.717) is 37.5 Å². The van der Waals surface area contributed by atoms with Crippen LogP contribution in [0.5, 0.6) is 0 Å². The van der Waals surface area contributed by atoms with Crippen molar-refractivity contribution in [3.63, 3.8) is 0 Å². The molecule has 1 amide bonds. The molecule has 0 aromatic carbocycles. The van der Waals surface area contributed by atoms with Crippen molar-refractivity contribution in [1.82, 2.24) is 29.4 Å². The number of carbonyl (C=O) groups is 1. The molecule has 8 nitrogen and oxygen atoms in total. The number of amides is 1. The molecule has 2 aromatic rings. The second-order valence-electron chi connectivity index (χ2n) is 5.54. The number of nitrogens with zero attached hydrogens (tertiary/aromatic N) is 6. The Morgan fingerprint density at radius 2 is 2.30 bits per heavy atom. The van der Waals surface area contributed by atoms with Crippen LogP contribution in [0.4, 0.5) is 0 Å². The molecule has 1 N–H and O–H groups in total. The molecule has 1 aliphatic rings. The molecule has 9 heteroatoms. The molecule has 3 rings (SSSR count). The molecule has 0 spiro atoms. The van der Waals surface area contributed by atoms with E-state index in [-0.39, 0.29) is 5.91 Å². The van der Waals surface area contributed by atoms with Crippen molar-refractivity contribution in [2.75, 3.05) is 12.3 Å². The lowest BCUT2D eigenvalue weighted by Crippen LogP contribution is -2.39. The van der Waals surface area contributed by atoms with E-state index < -0.39 is 6.10 Å². The molecule has 1 unspecified atom stereocenters. The molecule has 0 aliphatic carbocycles. The molecule has 0 fully saturated rings. The van der Waals surface area contributed by atoms with Crippen LogP contribution in [0.15, 0.2) is 17.6 Å². The fourth-order valence-corrected chi connectivity index (χ4v) is 3.29. The topological polar surface area (TPSA) is 89.1 Å². The normalized spacial score (nSPS) is 15.5. The first-order valence-electron chi connectivity index (χ1n) is 7.57. The van der Waals surface area contributed by atoms with E-state index in [1.165, 1.54) is 11.8 Å². The largest absolute Gasteiger partial charge is 0.387 e. The van der Waals surface area contributed by atoms with Gasteiger partial charge in [-0.2, -0.15) is 5.10 Å². The number of hydrogen-bond donors (Lipinski definition) is 1. The van der Waals surface area contributed by atoms with E-state index in [1.54, 1.807) is 10.9 Å². The SMILES string of the molecule is CCC(O)c1cc2n(n1)CCN(C(=O)CSc1nncn1C)C2. The van der Waals surface area contributed by atoms with Crippen molar-refractivity contribution >= 4 is 17.7 Å². The molecule has 0 saturated heterocycles. The van der Waals surface area contributed by atoms with Crippen LogP contribution in [0.25, 0.3) is 0 Å². The van der Waals surface area contributed by atoms with E-state index in [2.05, 4.69) is 15.3 Å². The summed E-state index contributed by atoms with van der Waals surface area (Å²) in [6.07, 6.45) is 1.71. The summed E-state index contributed by atoms with van der Waals surface area (Å²) in [5.74, 6) is 0.411. The van der Waals surface area contributed by atoms with Crippen LogP contribution >= 0.6 is 11.8 Å². The molecule has 0 radical (unpaired) electrons. The van der Waals surface area contributed by atoms with Gasteiger partial charge < -0.3 is 14.6 Å². The molecule has 2 aromatic heterocycles. The Morgan fingerprint density at radius 3 is 3.00 bits per heavy atom. The van der Waals surface area contributed by atoms with Crippen LogP contribution in [0, 0.1) is 0 Å². The highest BCUT2D eigenvalue weighted by Gasteiger charge is 2.24. The van der Waals surface area contributed by atoms with E-state index >= 15 is 0 Å². The van der Waals surface area contributed by atoms with Crippen LogP contribution in [0.2, 0.25) is 0 Å². The molecule has 1 atom stereocenters. The summed E-state index contributed by atoms with van der Waals surface area (Å²) in [4.78, 5) is 14.2. The predicted molar refractivity (Wildman–Crippen MR) is 84.6 cm³/mol. The van der Waals surface area contributed by atoms with E-state index in [9.17, 15) is 9.90 Å². The zero-order valence-electron chi connectivity index (χ0n) is 13.2. The molecular weight excluding hydrogens is 316 g/mol. The number of aryl methyl sites for hydroxylation is 1. The molecular formula is C14H20N6O2S. The van der Waals surface area contributed by atoms with E-state index in [1.807, 2.05) is 29.6 Å². The van der Waals surface area contributed by atoms with Gasteiger partial charge in [0.05, 0.1) is 36.3 Å². The second kappa shape index (κ2) is 6.71. The average molecular weight is 336 g/mol. The first-order chi connectivity index (χ1) is 11.1. The lowest BCUT2D eigenvalue weighted by atomic mass is 10.2. The maximum atomic E-state index is 12.4. The number of aromatic nitrogens is 5. The number of aliphatic hydroxyl groups is 1. The average Bonchev–Trinajstić information content (AvgIpc) is 3.16. The fraction of sp³-hybridized carbons (Fsp3) is 0.571. The third kappa shape index (κ3) is 3.40. The maximum absolute atomic E-state index is 12.4. The summed E-state index contributed by atoms with van der Waals surface area (Å²) >= 11 is 1.39. The molecule has 124 valence electrons. The molecule has 0 bridgehead atoms. The van der Waals surface area contributed by atoms with E-state index in [0.717, 1.165) is 10.9 Å². The summed E-state index contributed by atoms with van der Waals surface area (Å²) in [6, 6.07) is 1.89. The summed E-state index contributed by atoms with van der Waals surface area (Å²) in [5, 5.41) is 22.8. The summed E-state index contributed by atoms with van der Waals surface area (Å²) in [6.45, 7) is 3.74. The van der Waals surface area contributed by atoms with Crippen molar-refractivity contribution in [3.8, 4) is 0 Å². The molecule has 1 aliphatic heterocycles. The van der Waals surface area contributed by atoms with Crippen LogP contribution < -0.4 is 0 Å². The van der Waals surface area contributed by atoms with Crippen molar-refractivity contribution in [1.29, 1.82) is 0 Å². The zero-order chi connectivity index (χ0) is 16.4. The number of thioether (sulfide) groups is 1. The highest BCUT2D eigenvalue weighted by Crippen LogP contribution is 2.21. The second-order valence-corrected chi connectivity index (χ2v) is 6.48. The Morgan fingerprint density at radius 1 is 1.48 bits per heavy atom. The first-order valence-corrected chi connectivity index (χ1v) is 8.56. The first kappa shape index (κ1) is 16.0. The minimum absolute atomic E-state index is 0.0723. The lowest BCUT2D eigenvalue weighted by molar-refractivity contribution is -0.129. The fourth-order valence-electron chi connectivity index (χ4n) is 2.49. The number of aliphatic hydroxyl groups excluding tert-OH is 1. The molecule has 3 heterocycles. The number of hydrogen-bond acceptors (Lipinski definition) is 6. The Hall–Kier alpha value is -1.87. The zero-order valence-corrected chi connectivity index (χ0v) is 14.0. The van der Waals surface area contributed by atoms with Gasteiger partial charge >= 0.3 is 0 Å². The van der Waals surface area contributed by atoms with Gasteiger partial charge in [-0.3, -0.25) is 9.48 Å². The van der Waals surface area contributed by atoms with Gasteiger partial charge in [-0.15, -0.1) is 10.2 Å². The van der Waals surface area contributed by atoms with Crippen molar-refractivity contribution in [2.45, 2.75) is 37.7 Å². The highest BCUT2D eigenvalue weighted by molar-refractivity contribution is 7.99. The Bertz CT molecular complexity index is 697. The third-order valence-electron chi connectivity index (χ3n) is 3.89. The Balaban J connectivity index is 1.61. The Labute approximate surface area is 138 Å². The number of fused-ring (bicyclic) bond motifs is 1. The molecule has 0 saturated carbocycles. The van der Waals surface area contributed by atoms with Crippen molar-refractivity contribution in [3.05, 3.63) is 23.8 Å². The number of rotatable bonds is 5. The minimum Gasteiger partial charge on any atom is -0.387 e. The van der Waals surface area contributed by atoms with Gasteiger partial charge in [0.15, 0.2) is 5.16 Å². The van der Waals surface area contributed by atoms with Crippen LogP contribution in [0.1, 0.15) is 30.8 Å². The Kier molecular flexibility index (Phi) is 4.67. The molecule has 23 heavy (non-hydrogen) atoms. The maximum Gasteiger partial charge on any atom is 0.233 e. The standard InChI is InChI=1S/C14H20N6O2S/c1-3-12(21)11-6-10-7-19(4-5-20(10)17-11)13(22)8-23-14-16-15-9-18(14)2/h6,9,12,21H,3-5,7-8H2,1-2H3. The number of carbonyl (C=O) groups excluding carboxylic acids is 1. The summed E-state index contributed by atoms with van der Waals surface area (Å²) in [7, 11) is 1.85. The minimum atomic E-state index is -0.538. The summed E-state index contributed by atoms with van der Waals surface area (Å²) in [5.41, 5.74) is 1.65. The van der Waals surface area contributed by atoms with Gasteiger partial charge in [-0.1, -0.05) is 18.7 Å². The van der Waals surface area contributed by atoms with Crippen molar-refractivity contribution in [2.24, 2.45) is 7.05 Å². The monoisotopic (exact) mass is 336 g/mol. The van der Waals surface area contributed by atoms with Crippen LogP contribution in [-0.4, -0.2) is 52.8 Å². The quantitative estimate of drug-likeness (QED) is 0.804. The van der Waals surface area contributed by atoms with Gasteiger partial charge in [0, 0.05) is 13.6 Å². The van der Waals surface area contributed by atoms with Gasteiger partial charge in [0.1, 0.15) is 6.33 Å². The van der Waals surface area contributed by atoms with E-state index in [4.69, 9.17) is 0 Å². The van der Waals surface area contributed by atoms with Crippen LogP contribution in [-0.2, 0) is 24.9 Å². The van der Waals surface area contributed by atoms with Crippen LogP contribution in [0.3, 0.4) is 0 Å². The van der Waals surface area contributed by atoms with Gasteiger partial charge in [0.25, 0.3) is 0 Å². The smallest absolute Gasteiger partial charge is 0.233 e. The van der Waals surface area contributed by atoms with Gasteiger partial charge in [-0.05, 0) is 12.5 Å². The predicted octanol–water partition coefficient (Wildman–Crippen LogP) is 0.589.